The average Bonchev–Trinajstić information content (AvgIpc) is 2.82. The van der Waals surface area contributed by atoms with Crippen molar-refractivity contribution in [3.63, 3.8) is 0 Å². The van der Waals surface area contributed by atoms with Gasteiger partial charge in [-0.1, -0.05) is 44.9 Å². The summed E-state index contributed by atoms with van der Waals surface area (Å²) in [6.07, 6.45) is 13.2. The summed E-state index contributed by atoms with van der Waals surface area (Å²) in [5.74, 6) is 7.47. The molecule has 0 saturated heterocycles. The summed E-state index contributed by atoms with van der Waals surface area (Å²) in [6.45, 7) is 0. The SMILES string of the molecule is NNC(CC1CCCC1)=NC1CCCCC1. The first-order valence-electron chi connectivity index (χ1n) is 6.92. The third-order valence-corrected chi connectivity index (χ3v) is 4.04. The van der Waals surface area contributed by atoms with E-state index < -0.39 is 0 Å². The van der Waals surface area contributed by atoms with Gasteiger partial charge in [0.25, 0.3) is 0 Å². The van der Waals surface area contributed by atoms with Crippen LogP contribution in [0.2, 0.25) is 0 Å². The summed E-state index contributed by atoms with van der Waals surface area (Å²) in [4.78, 5) is 4.80. The molecule has 16 heavy (non-hydrogen) atoms. The van der Waals surface area contributed by atoms with Crippen molar-refractivity contribution in [2.75, 3.05) is 0 Å². The number of rotatable bonds is 3. The quantitative estimate of drug-likeness (QED) is 0.334. The smallest absolute Gasteiger partial charge is 0.111 e. The van der Waals surface area contributed by atoms with Crippen LogP contribution in [0.1, 0.15) is 64.2 Å². The van der Waals surface area contributed by atoms with E-state index in [2.05, 4.69) is 5.43 Å². The van der Waals surface area contributed by atoms with Gasteiger partial charge in [0.2, 0.25) is 0 Å². The van der Waals surface area contributed by atoms with Crippen molar-refractivity contribution < 1.29 is 0 Å². The summed E-state index contributed by atoms with van der Waals surface area (Å²) in [6, 6.07) is 0.543. The molecule has 0 bridgehead atoms. The van der Waals surface area contributed by atoms with E-state index in [0.717, 1.165) is 18.2 Å². The van der Waals surface area contributed by atoms with Gasteiger partial charge in [0.05, 0.1) is 6.04 Å². The molecule has 2 fully saturated rings. The second kappa shape index (κ2) is 6.24. The minimum atomic E-state index is 0.543. The Bertz CT molecular complexity index is 225. The van der Waals surface area contributed by atoms with Crippen molar-refractivity contribution in [3.05, 3.63) is 0 Å². The lowest BCUT2D eigenvalue weighted by Crippen LogP contribution is -2.33. The molecular weight excluding hydrogens is 198 g/mol. The number of amidine groups is 1. The molecule has 2 saturated carbocycles. The van der Waals surface area contributed by atoms with Crippen molar-refractivity contribution in [1.29, 1.82) is 0 Å². The van der Waals surface area contributed by atoms with Crippen LogP contribution in [-0.4, -0.2) is 11.9 Å². The lowest BCUT2D eigenvalue weighted by molar-refractivity contribution is 0.440. The van der Waals surface area contributed by atoms with Crippen LogP contribution in [0.3, 0.4) is 0 Å². The molecule has 0 unspecified atom stereocenters. The van der Waals surface area contributed by atoms with E-state index in [-0.39, 0.29) is 0 Å². The Morgan fingerprint density at radius 2 is 1.62 bits per heavy atom. The minimum Gasteiger partial charge on any atom is -0.312 e. The maximum absolute atomic E-state index is 5.59. The average molecular weight is 223 g/mol. The summed E-state index contributed by atoms with van der Waals surface area (Å²) in [5, 5.41) is 0. The van der Waals surface area contributed by atoms with E-state index in [1.54, 1.807) is 0 Å². The topological polar surface area (TPSA) is 50.4 Å². The standard InChI is InChI=1S/C13H25N3/c14-16-13(10-11-6-4-5-7-11)15-12-8-2-1-3-9-12/h11-12H,1-10,14H2,(H,15,16). The Labute approximate surface area is 98.9 Å². The van der Waals surface area contributed by atoms with Crippen LogP contribution < -0.4 is 11.3 Å². The van der Waals surface area contributed by atoms with Crippen molar-refractivity contribution >= 4 is 5.84 Å². The van der Waals surface area contributed by atoms with Crippen LogP contribution in [0.5, 0.6) is 0 Å². The number of nitrogens with two attached hydrogens (primary N) is 1. The Hall–Kier alpha value is -0.570. The zero-order chi connectivity index (χ0) is 11.2. The summed E-state index contributed by atoms with van der Waals surface area (Å²) in [7, 11) is 0. The van der Waals surface area contributed by atoms with E-state index in [4.69, 9.17) is 10.8 Å². The molecule has 0 aromatic carbocycles. The lowest BCUT2D eigenvalue weighted by Gasteiger charge is -2.20. The molecule has 2 rings (SSSR count). The Morgan fingerprint density at radius 1 is 1.00 bits per heavy atom. The van der Waals surface area contributed by atoms with Gasteiger partial charge in [-0.05, 0) is 18.8 Å². The monoisotopic (exact) mass is 223 g/mol. The number of hydrogen-bond acceptors (Lipinski definition) is 2. The van der Waals surface area contributed by atoms with Gasteiger partial charge in [0.15, 0.2) is 0 Å². The van der Waals surface area contributed by atoms with Crippen molar-refractivity contribution in [2.45, 2.75) is 70.3 Å². The zero-order valence-electron chi connectivity index (χ0n) is 10.3. The van der Waals surface area contributed by atoms with Gasteiger partial charge in [0.1, 0.15) is 5.84 Å². The van der Waals surface area contributed by atoms with Gasteiger partial charge < -0.3 is 5.43 Å². The lowest BCUT2D eigenvalue weighted by atomic mass is 9.95. The van der Waals surface area contributed by atoms with Crippen LogP contribution in [0.25, 0.3) is 0 Å². The van der Waals surface area contributed by atoms with E-state index in [1.165, 1.54) is 57.8 Å². The molecule has 0 amide bonds. The van der Waals surface area contributed by atoms with Crippen LogP contribution in [0.15, 0.2) is 4.99 Å². The molecule has 0 spiro atoms. The van der Waals surface area contributed by atoms with Gasteiger partial charge in [-0.15, -0.1) is 0 Å². The largest absolute Gasteiger partial charge is 0.312 e. The highest BCUT2D eigenvalue weighted by molar-refractivity contribution is 5.82. The number of aliphatic imine (C=N–C) groups is 1. The first-order chi connectivity index (χ1) is 7.88. The molecule has 2 aliphatic carbocycles. The fraction of sp³-hybridized carbons (Fsp3) is 0.923. The van der Waals surface area contributed by atoms with Gasteiger partial charge in [0, 0.05) is 6.42 Å². The molecule has 2 aliphatic rings. The second-order valence-corrected chi connectivity index (χ2v) is 5.37. The number of hydrogen-bond donors (Lipinski definition) is 2. The third-order valence-electron chi connectivity index (χ3n) is 4.04. The normalized spacial score (nSPS) is 24.9. The summed E-state index contributed by atoms with van der Waals surface area (Å²) >= 11 is 0. The first-order valence-corrected chi connectivity index (χ1v) is 6.92. The van der Waals surface area contributed by atoms with Crippen molar-refractivity contribution in [1.82, 2.24) is 5.43 Å². The van der Waals surface area contributed by atoms with Crippen LogP contribution in [0.4, 0.5) is 0 Å². The molecule has 3 N–H and O–H groups in total. The molecule has 3 heteroatoms. The van der Waals surface area contributed by atoms with Gasteiger partial charge in [-0.2, -0.15) is 0 Å². The Kier molecular flexibility index (Phi) is 4.64. The number of nitrogens with one attached hydrogen (secondary N) is 1. The highest BCUT2D eigenvalue weighted by Gasteiger charge is 2.18. The molecule has 0 radical (unpaired) electrons. The van der Waals surface area contributed by atoms with Crippen LogP contribution >= 0.6 is 0 Å². The molecular formula is C13H25N3. The fourth-order valence-corrected chi connectivity index (χ4v) is 3.07. The highest BCUT2D eigenvalue weighted by atomic mass is 15.3. The van der Waals surface area contributed by atoms with E-state index >= 15 is 0 Å². The molecule has 3 nitrogen and oxygen atoms in total. The van der Waals surface area contributed by atoms with Gasteiger partial charge in [-0.3, -0.25) is 4.99 Å². The maximum atomic E-state index is 5.59. The fourth-order valence-electron chi connectivity index (χ4n) is 3.07. The molecule has 0 aromatic heterocycles. The first kappa shape index (κ1) is 11.9. The van der Waals surface area contributed by atoms with Crippen molar-refractivity contribution in [2.24, 2.45) is 16.8 Å². The maximum Gasteiger partial charge on any atom is 0.111 e. The van der Waals surface area contributed by atoms with Crippen LogP contribution in [0, 0.1) is 5.92 Å². The summed E-state index contributed by atoms with van der Waals surface area (Å²) < 4.78 is 0. The van der Waals surface area contributed by atoms with E-state index in [1.807, 2.05) is 0 Å². The predicted octanol–water partition coefficient (Wildman–Crippen LogP) is 2.76. The number of hydrazine groups is 1. The van der Waals surface area contributed by atoms with E-state index in [9.17, 15) is 0 Å². The zero-order valence-corrected chi connectivity index (χ0v) is 10.3. The molecule has 92 valence electrons. The minimum absolute atomic E-state index is 0.543. The second-order valence-electron chi connectivity index (χ2n) is 5.37. The predicted molar refractivity (Wildman–Crippen MR) is 68.2 cm³/mol. The molecule has 0 heterocycles. The van der Waals surface area contributed by atoms with Crippen molar-refractivity contribution in [3.8, 4) is 0 Å². The highest BCUT2D eigenvalue weighted by Crippen LogP contribution is 2.28. The molecule has 0 aromatic rings. The van der Waals surface area contributed by atoms with Crippen LogP contribution in [-0.2, 0) is 0 Å². The third kappa shape index (κ3) is 3.48. The number of nitrogens with zero attached hydrogens (tertiary/aromatic N) is 1. The summed E-state index contributed by atoms with van der Waals surface area (Å²) in [5.41, 5.74) is 2.83. The molecule has 0 atom stereocenters. The van der Waals surface area contributed by atoms with E-state index in [0.29, 0.717) is 6.04 Å². The molecule has 0 aliphatic heterocycles. The Morgan fingerprint density at radius 3 is 2.25 bits per heavy atom. The van der Waals surface area contributed by atoms with Gasteiger partial charge >= 0.3 is 0 Å². The Balaban J connectivity index is 1.84. The van der Waals surface area contributed by atoms with Gasteiger partial charge in [-0.25, -0.2) is 5.84 Å².